The number of aromatic nitrogens is 2. The molecule has 0 radical (unpaired) electrons. The van der Waals surface area contributed by atoms with Crippen molar-refractivity contribution in [2.45, 2.75) is 0 Å². The fourth-order valence-corrected chi connectivity index (χ4v) is 1.72. The summed E-state index contributed by atoms with van der Waals surface area (Å²) in [6.07, 6.45) is 3.59. The molecular weight excluding hydrogens is 244 g/mol. The minimum Gasteiger partial charge on any atom is -0.395 e. The molecule has 1 aromatic heterocycles. The van der Waals surface area contributed by atoms with E-state index in [1.165, 1.54) is 0 Å². The molecule has 0 atom stereocenters. The smallest absolute Gasteiger partial charge is 0.319 e. The first-order chi connectivity index (χ1) is 9.20. The van der Waals surface area contributed by atoms with Crippen molar-refractivity contribution in [2.75, 3.05) is 18.5 Å². The van der Waals surface area contributed by atoms with E-state index in [0.29, 0.717) is 5.69 Å². The maximum absolute atomic E-state index is 11.5. The van der Waals surface area contributed by atoms with Gasteiger partial charge in [0.15, 0.2) is 0 Å². The predicted molar refractivity (Wildman–Crippen MR) is 72.8 cm³/mol. The fourth-order valence-electron chi connectivity index (χ4n) is 1.72. The summed E-state index contributed by atoms with van der Waals surface area (Å²) in [5.74, 6) is 0.833. The van der Waals surface area contributed by atoms with Crippen molar-refractivity contribution in [2.24, 2.45) is 7.05 Å². The third-order valence-corrected chi connectivity index (χ3v) is 2.60. The second-order valence-electron chi connectivity index (χ2n) is 4.05. The van der Waals surface area contributed by atoms with Crippen molar-refractivity contribution in [1.82, 2.24) is 14.9 Å². The first-order valence-electron chi connectivity index (χ1n) is 5.94. The minimum absolute atomic E-state index is 0.0826. The zero-order valence-electron chi connectivity index (χ0n) is 10.6. The molecule has 0 spiro atoms. The number of benzene rings is 1. The maximum Gasteiger partial charge on any atom is 0.319 e. The van der Waals surface area contributed by atoms with E-state index >= 15 is 0 Å². The molecule has 0 unspecified atom stereocenters. The molecule has 0 saturated carbocycles. The molecule has 0 aliphatic heterocycles. The third kappa shape index (κ3) is 3.32. The number of hydrogen-bond donors (Lipinski definition) is 3. The Morgan fingerprint density at radius 2 is 2.32 bits per heavy atom. The molecule has 0 fully saturated rings. The zero-order chi connectivity index (χ0) is 13.7. The summed E-state index contributed by atoms with van der Waals surface area (Å²) in [5.41, 5.74) is 1.60. The van der Waals surface area contributed by atoms with E-state index in [1.54, 1.807) is 12.3 Å². The van der Waals surface area contributed by atoms with Gasteiger partial charge in [-0.3, -0.25) is 0 Å². The van der Waals surface area contributed by atoms with E-state index < -0.39 is 0 Å². The van der Waals surface area contributed by atoms with Crippen LogP contribution in [0.1, 0.15) is 0 Å². The summed E-state index contributed by atoms with van der Waals surface area (Å²) in [7, 11) is 1.91. The molecule has 2 rings (SSSR count). The fraction of sp³-hybridized carbons (Fsp3) is 0.231. The van der Waals surface area contributed by atoms with Gasteiger partial charge in [-0.2, -0.15) is 0 Å². The van der Waals surface area contributed by atoms with Crippen LogP contribution in [0.15, 0.2) is 36.7 Å². The highest BCUT2D eigenvalue weighted by atomic mass is 16.3. The first-order valence-corrected chi connectivity index (χ1v) is 5.94. The number of aryl methyl sites for hydroxylation is 1. The number of nitrogens with zero attached hydrogens (tertiary/aromatic N) is 2. The van der Waals surface area contributed by atoms with E-state index in [2.05, 4.69) is 15.6 Å². The molecule has 6 heteroatoms. The number of hydrogen-bond acceptors (Lipinski definition) is 3. The average molecular weight is 260 g/mol. The minimum atomic E-state index is -0.342. The molecule has 6 nitrogen and oxygen atoms in total. The Hall–Kier alpha value is -2.34. The van der Waals surface area contributed by atoms with Crippen LogP contribution >= 0.6 is 0 Å². The van der Waals surface area contributed by atoms with Crippen LogP contribution in [0.2, 0.25) is 0 Å². The van der Waals surface area contributed by atoms with Crippen LogP contribution in [0.25, 0.3) is 11.4 Å². The van der Waals surface area contributed by atoms with Gasteiger partial charge >= 0.3 is 6.03 Å². The molecule has 1 heterocycles. The third-order valence-electron chi connectivity index (χ3n) is 2.60. The van der Waals surface area contributed by atoms with Crippen LogP contribution in [0, 0.1) is 0 Å². The Bertz CT molecular complexity index is 565. The summed E-state index contributed by atoms with van der Waals surface area (Å²) >= 11 is 0. The van der Waals surface area contributed by atoms with Gasteiger partial charge in [-0.05, 0) is 12.1 Å². The predicted octanol–water partition coefficient (Wildman–Crippen LogP) is 1.20. The van der Waals surface area contributed by atoms with Gasteiger partial charge in [0.2, 0.25) is 0 Å². The second kappa shape index (κ2) is 6.01. The Labute approximate surface area is 111 Å². The molecule has 0 saturated heterocycles. The van der Waals surface area contributed by atoms with Gasteiger partial charge in [-0.1, -0.05) is 12.1 Å². The van der Waals surface area contributed by atoms with Crippen LogP contribution < -0.4 is 10.6 Å². The van der Waals surface area contributed by atoms with E-state index in [4.69, 9.17) is 5.11 Å². The lowest BCUT2D eigenvalue weighted by Crippen LogP contribution is -2.30. The number of carbonyl (C=O) groups excluding carboxylic acids is 1. The topological polar surface area (TPSA) is 79.2 Å². The average Bonchev–Trinajstić information content (AvgIpc) is 2.83. The van der Waals surface area contributed by atoms with Crippen molar-refractivity contribution in [1.29, 1.82) is 0 Å². The lowest BCUT2D eigenvalue weighted by atomic mass is 10.2. The number of aliphatic hydroxyl groups excluding tert-OH is 1. The molecule has 0 aliphatic rings. The molecular formula is C13H16N4O2. The standard InChI is InChI=1S/C13H16N4O2/c1-17-7-5-14-12(17)10-3-2-4-11(9-10)16-13(19)15-6-8-18/h2-5,7,9,18H,6,8H2,1H3,(H2,15,16,19). The summed E-state index contributed by atoms with van der Waals surface area (Å²) in [5, 5.41) is 13.9. The van der Waals surface area contributed by atoms with Crippen LogP contribution in [0.3, 0.4) is 0 Å². The molecule has 100 valence electrons. The lowest BCUT2D eigenvalue weighted by molar-refractivity contribution is 0.245. The van der Waals surface area contributed by atoms with Crippen LogP contribution in [0.5, 0.6) is 0 Å². The normalized spacial score (nSPS) is 10.2. The Balaban J connectivity index is 2.12. The van der Waals surface area contributed by atoms with Crippen molar-refractivity contribution >= 4 is 11.7 Å². The summed E-state index contributed by atoms with van der Waals surface area (Å²) in [6.45, 7) is 0.144. The molecule has 0 bridgehead atoms. The maximum atomic E-state index is 11.5. The van der Waals surface area contributed by atoms with E-state index in [9.17, 15) is 4.79 Å². The quantitative estimate of drug-likeness (QED) is 0.773. The summed E-state index contributed by atoms with van der Waals surface area (Å²) < 4.78 is 1.91. The number of rotatable bonds is 4. The van der Waals surface area contributed by atoms with Crippen molar-refractivity contribution in [3.8, 4) is 11.4 Å². The van der Waals surface area contributed by atoms with Crippen molar-refractivity contribution in [3.05, 3.63) is 36.7 Å². The zero-order valence-corrected chi connectivity index (χ0v) is 10.6. The molecule has 0 aliphatic carbocycles. The van der Waals surface area contributed by atoms with Gasteiger partial charge in [0.05, 0.1) is 6.61 Å². The monoisotopic (exact) mass is 260 g/mol. The Morgan fingerprint density at radius 3 is 3.00 bits per heavy atom. The number of imidazole rings is 1. The van der Waals surface area contributed by atoms with Crippen LogP contribution in [-0.4, -0.2) is 33.8 Å². The van der Waals surface area contributed by atoms with Crippen LogP contribution in [-0.2, 0) is 7.05 Å². The molecule has 1 aromatic carbocycles. The van der Waals surface area contributed by atoms with Crippen molar-refractivity contribution in [3.63, 3.8) is 0 Å². The Morgan fingerprint density at radius 1 is 1.47 bits per heavy atom. The first kappa shape index (κ1) is 13.1. The van der Waals surface area contributed by atoms with Gasteiger partial charge in [0, 0.05) is 37.2 Å². The number of urea groups is 1. The SMILES string of the molecule is Cn1ccnc1-c1cccc(NC(=O)NCCO)c1. The van der Waals surface area contributed by atoms with Gasteiger partial charge in [0.1, 0.15) is 5.82 Å². The molecule has 2 aromatic rings. The van der Waals surface area contributed by atoms with Gasteiger partial charge in [-0.25, -0.2) is 9.78 Å². The number of amides is 2. The van der Waals surface area contributed by atoms with E-state index in [1.807, 2.05) is 36.0 Å². The summed E-state index contributed by atoms with van der Waals surface area (Å²) in [4.78, 5) is 15.7. The van der Waals surface area contributed by atoms with Gasteiger partial charge in [-0.15, -0.1) is 0 Å². The second-order valence-corrected chi connectivity index (χ2v) is 4.05. The number of aliphatic hydroxyl groups is 1. The summed E-state index contributed by atoms with van der Waals surface area (Å²) in [6, 6.07) is 7.09. The van der Waals surface area contributed by atoms with Gasteiger partial charge in [0.25, 0.3) is 0 Å². The number of anilines is 1. The Kier molecular flexibility index (Phi) is 4.15. The highest BCUT2D eigenvalue weighted by molar-refractivity contribution is 5.89. The lowest BCUT2D eigenvalue weighted by Gasteiger charge is -2.08. The highest BCUT2D eigenvalue weighted by Crippen LogP contribution is 2.20. The van der Waals surface area contributed by atoms with E-state index in [-0.39, 0.29) is 19.2 Å². The molecule has 2 amide bonds. The van der Waals surface area contributed by atoms with E-state index in [0.717, 1.165) is 11.4 Å². The highest BCUT2D eigenvalue weighted by Gasteiger charge is 2.05. The number of carbonyl (C=O) groups is 1. The van der Waals surface area contributed by atoms with Crippen LogP contribution in [0.4, 0.5) is 10.5 Å². The molecule has 3 N–H and O–H groups in total. The largest absolute Gasteiger partial charge is 0.395 e. The molecule has 19 heavy (non-hydrogen) atoms. The van der Waals surface area contributed by atoms with Crippen molar-refractivity contribution < 1.29 is 9.90 Å². The van der Waals surface area contributed by atoms with Gasteiger partial charge < -0.3 is 20.3 Å². The number of nitrogens with one attached hydrogen (secondary N) is 2.